The number of carbonyl (C=O) groups is 1. The maximum atomic E-state index is 12.9. The van der Waals surface area contributed by atoms with Crippen LogP contribution in [0.1, 0.15) is 24.0 Å². The molecule has 1 aromatic carbocycles. The number of benzene rings is 1. The Bertz CT molecular complexity index is 555. The monoisotopic (exact) mass is 301 g/mol. The first kappa shape index (κ1) is 15.3. The summed E-state index contributed by atoms with van der Waals surface area (Å²) in [5.74, 6) is -0.712. The molecule has 0 fully saturated rings. The van der Waals surface area contributed by atoms with Gasteiger partial charge in [0.05, 0.1) is 12.1 Å². The van der Waals surface area contributed by atoms with Gasteiger partial charge in [0, 0.05) is 12.8 Å². The van der Waals surface area contributed by atoms with E-state index < -0.39 is 17.7 Å². The maximum Gasteiger partial charge on any atom is 0.416 e. The molecule has 114 valence electrons. The lowest BCUT2D eigenvalue weighted by molar-refractivity contribution is -0.138. The quantitative estimate of drug-likeness (QED) is 0.909. The normalized spacial score (nSPS) is 18.2. The highest BCUT2D eigenvalue weighted by Gasteiger charge is 2.33. The van der Waals surface area contributed by atoms with E-state index in [1.807, 2.05) is 0 Å². The zero-order valence-electron chi connectivity index (χ0n) is 11.1. The molecule has 0 saturated heterocycles. The Morgan fingerprint density at radius 3 is 2.76 bits per heavy atom. The molecule has 0 amide bonds. The number of carboxylic acid groups (broad SMARTS) is 1. The summed E-state index contributed by atoms with van der Waals surface area (Å²) < 4.78 is 44.0. The van der Waals surface area contributed by atoms with Gasteiger partial charge in [-0.2, -0.15) is 13.2 Å². The Labute approximate surface area is 119 Å². The van der Waals surface area contributed by atoms with Crippen LogP contribution < -0.4 is 0 Å². The van der Waals surface area contributed by atoms with Crippen LogP contribution in [0.25, 0.3) is 0 Å². The number of carboxylic acids is 1. The summed E-state index contributed by atoms with van der Waals surface area (Å²) in [4.78, 5) is 14.5. The molecule has 1 N–H and O–H groups in total. The Morgan fingerprint density at radius 1 is 1.38 bits per heavy atom. The Hall–Kier alpha value is -2.05. The molecule has 0 radical (unpaired) electrons. The lowest BCUT2D eigenvalue weighted by atomic mass is 10.0. The number of ether oxygens (including phenoxy) is 1. The summed E-state index contributed by atoms with van der Waals surface area (Å²) >= 11 is 0. The molecule has 0 saturated carbocycles. The van der Waals surface area contributed by atoms with Crippen molar-refractivity contribution in [1.29, 1.82) is 0 Å². The van der Waals surface area contributed by atoms with E-state index in [2.05, 4.69) is 4.99 Å². The molecular formula is C14H14F3NO3. The van der Waals surface area contributed by atoms with Crippen molar-refractivity contribution >= 4 is 11.9 Å². The van der Waals surface area contributed by atoms with E-state index in [4.69, 9.17) is 9.84 Å². The molecule has 0 spiro atoms. The minimum Gasteiger partial charge on any atom is -0.481 e. The van der Waals surface area contributed by atoms with Crippen molar-refractivity contribution in [3.63, 3.8) is 0 Å². The Morgan fingerprint density at radius 2 is 2.10 bits per heavy atom. The first-order valence-electron chi connectivity index (χ1n) is 6.43. The maximum absolute atomic E-state index is 12.9. The molecule has 4 nitrogen and oxygen atoms in total. The van der Waals surface area contributed by atoms with Crippen molar-refractivity contribution in [1.82, 2.24) is 0 Å². The molecule has 1 unspecified atom stereocenters. The molecule has 0 aromatic heterocycles. The first-order chi connectivity index (χ1) is 9.86. The van der Waals surface area contributed by atoms with Crippen LogP contribution in [0.4, 0.5) is 13.2 Å². The minimum atomic E-state index is -4.42. The summed E-state index contributed by atoms with van der Waals surface area (Å²) in [7, 11) is 0. The summed E-state index contributed by atoms with van der Waals surface area (Å²) in [6.45, 7) is 0.288. The second kappa shape index (κ2) is 6.15. The van der Waals surface area contributed by atoms with Gasteiger partial charge < -0.3 is 9.84 Å². The second-order valence-corrected chi connectivity index (χ2v) is 4.74. The van der Waals surface area contributed by atoms with Gasteiger partial charge in [-0.05, 0) is 18.1 Å². The van der Waals surface area contributed by atoms with E-state index in [0.29, 0.717) is 6.42 Å². The molecule has 1 atom stereocenters. The fraction of sp³-hybridized carbons (Fsp3) is 0.429. The van der Waals surface area contributed by atoms with E-state index in [9.17, 15) is 18.0 Å². The molecule has 0 bridgehead atoms. The highest BCUT2D eigenvalue weighted by atomic mass is 19.4. The summed E-state index contributed by atoms with van der Waals surface area (Å²) in [5, 5.41) is 8.58. The van der Waals surface area contributed by atoms with E-state index in [1.54, 1.807) is 0 Å². The highest BCUT2D eigenvalue weighted by molar-refractivity contribution is 5.80. The molecule has 0 aliphatic carbocycles. The van der Waals surface area contributed by atoms with Crippen LogP contribution in [0.5, 0.6) is 0 Å². The van der Waals surface area contributed by atoms with Crippen molar-refractivity contribution < 1.29 is 27.8 Å². The standard InChI is InChI=1S/C14H14F3NO3/c15-14(16,17)11-4-2-1-3-9(11)7-12-18-8-10(21-12)5-6-13(19)20/h1-4,10H,5-8H2,(H,19,20). The molecule has 1 heterocycles. The van der Waals surface area contributed by atoms with E-state index in [-0.39, 0.29) is 37.0 Å². The van der Waals surface area contributed by atoms with Gasteiger partial charge in [-0.3, -0.25) is 9.79 Å². The highest BCUT2D eigenvalue weighted by Crippen LogP contribution is 2.32. The van der Waals surface area contributed by atoms with E-state index in [0.717, 1.165) is 6.07 Å². The van der Waals surface area contributed by atoms with Gasteiger partial charge in [0.1, 0.15) is 6.10 Å². The van der Waals surface area contributed by atoms with Gasteiger partial charge in [-0.25, -0.2) is 0 Å². The van der Waals surface area contributed by atoms with Crippen molar-refractivity contribution in [3.05, 3.63) is 35.4 Å². The van der Waals surface area contributed by atoms with Crippen LogP contribution in [0.2, 0.25) is 0 Å². The van der Waals surface area contributed by atoms with Gasteiger partial charge in [0.25, 0.3) is 0 Å². The fourth-order valence-electron chi connectivity index (χ4n) is 2.12. The third-order valence-electron chi connectivity index (χ3n) is 3.12. The molecule has 1 aliphatic rings. The van der Waals surface area contributed by atoms with Crippen molar-refractivity contribution in [2.45, 2.75) is 31.5 Å². The zero-order chi connectivity index (χ0) is 15.5. The van der Waals surface area contributed by atoms with Gasteiger partial charge >= 0.3 is 12.1 Å². The van der Waals surface area contributed by atoms with Crippen LogP contribution >= 0.6 is 0 Å². The summed E-state index contributed by atoms with van der Waals surface area (Å²) in [6.07, 6.45) is -4.58. The average molecular weight is 301 g/mol. The predicted molar refractivity (Wildman–Crippen MR) is 69.2 cm³/mol. The predicted octanol–water partition coefficient (Wildman–Crippen LogP) is 2.91. The van der Waals surface area contributed by atoms with Crippen LogP contribution in [0, 0.1) is 0 Å². The largest absolute Gasteiger partial charge is 0.481 e. The van der Waals surface area contributed by atoms with Crippen LogP contribution in [0.3, 0.4) is 0 Å². The topological polar surface area (TPSA) is 58.9 Å². The smallest absolute Gasteiger partial charge is 0.416 e. The molecule has 21 heavy (non-hydrogen) atoms. The SMILES string of the molecule is O=C(O)CCC1CN=C(Cc2ccccc2C(F)(F)F)O1. The molecule has 1 aromatic rings. The molecule has 7 heteroatoms. The lowest BCUT2D eigenvalue weighted by Crippen LogP contribution is -2.17. The number of hydrogen-bond donors (Lipinski definition) is 1. The molecule has 1 aliphatic heterocycles. The second-order valence-electron chi connectivity index (χ2n) is 4.74. The Balaban J connectivity index is 1.99. The third-order valence-corrected chi connectivity index (χ3v) is 3.12. The lowest BCUT2D eigenvalue weighted by Gasteiger charge is -2.13. The third kappa shape index (κ3) is 4.21. The van der Waals surface area contributed by atoms with Crippen molar-refractivity contribution in [2.24, 2.45) is 4.99 Å². The number of halogens is 3. The fourth-order valence-corrected chi connectivity index (χ4v) is 2.12. The van der Waals surface area contributed by atoms with E-state index >= 15 is 0 Å². The van der Waals surface area contributed by atoms with Crippen LogP contribution in [0.15, 0.2) is 29.3 Å². The van der Waals surface area contributed by atoms with Gasteiger partial charge in [0.15, 0.2) is 5.90 Å². The van der Waals surface area contributed by atoms with Gasteiger partial charge in [0.2, 0.25) is 0 Å². The zero-order valence-corrected chi connectivity index (χ0v) is 11.1. The average Bonchev–Trinajstić information content (AvgIpc) is 2.83. The minimum absolute atomic E-state index is 0.0424. The number of hydrogen-bond acceptors (Lipinski definition) is 3. The molecule has 2 rings (SSSR count). The van der Waals surface area contributed by atoms with E-state index in [1.165, 1.54) is 18.2 Å². The van der Waals surface area contributed by atoms with Crippen molar-refractivity contribution in [2.75, 3.05) is 6.54 Å². The summed E-state index contributed by atoms with van der Waals surface area (Å²) in [5.41, 5.74) is -0.604. The number of rotatable bonds is 5. The molecular weight excluding hydrogens is 287 g/mol. The number of aliphatic imine (C=N–C) groups is 1. The number of aliphatic carboxylic acids is 1. The van der Waals surface area contributed by atoms with Crippen LogP contribution in [-0.4, -0.2) is 29.6 Å². The Kier molecular flexibility index (Phi) is 4.50. The van der Waals surface area contributed by atoms with Gasteiger partial charge in [-0.15, -0.1) is 0 Å². The first-order valence-corrected chi connectivity index (χ1v) is 6.43. The number of alkyl halides is 3. The summed E-state index contributed by atoms with van der Waals surface area (Å²) in [6, 6.07) is 5.27. The van der Waals surface area contributed by atoms with Crippen LogP contribution in [-0.2, 0) is 22.1 Å². The van der Waals surface area contributed by atoms with Crippen molar-refractivity contribution in [3.8, 4) is 0 Å². The number of nitrogens with zero attached hydrogens (tertiary/aromatic N) is 1. The van der Waals surface area contributed by atoms with Gasteiger partial charge in [-0.1, -0.05) is 18.2 Å².